The zero-order valence-electron chi connectivity index (χ0n) is 12.7. The summed E-state index contributed by atoms with van der Waals surface area (Å²) in [6, 6.07) is 3.63. The number of likely N-dealkylation sites (tertiary alicyclic amines) is 1. The summed E-state index contributed by atoms with van der Waals surface area (Å²) in [6.45, 7) is 5.42. The molecule has 0 aliphatic carbocycles. The van der Waals surface area contributed by atoms with E-state index in [2.05, 4.69) is 11.9 Å². The number of hydrogen-bond donors (Lipinski definition) is 1. The van der Waals surface area contributed by atoms with Crippen LogP contribution in [0.4, 0.5) is 4.39 Å². The van der Waals surface area contributed by atoms with Crippen LogP contribution in [-0.2, 0) is 0 Å². The molecule has 1 saturated heterocycles. The Morgan fingerprint density at radius 2 is 2.25 bits per heavy atom. The van der Waals surface area contributed by atoms with Gasteiger partial charge in [0.2, 0.25) is 0 Å². The van der Waals surface area contributed by atoms with Gasteiger partial charge in [0.05, 0.1) is 6.61 Å². The molecule has 1 aromatic rings. The van der Waals surface area contributed by atoms with Gasteiger partial charge in [-0.2, -0.15) is 0 Å². The smallest absolute Gasteiger partial charge is 0.126 e. The highest BCUT2D eigenvalue weighted by atomic mass is 19.1. The third-order valence-electron chi connectivity index (χ3n) is 4.16. The van der Waals surface area contributed by atoms with Gasteiger partial charge >= 0.3 is 0 Å². The van der Waals surface area contributed by atoms with Crippen molar-refractivity contribution in [2.24, 2.45) is 5.73 Å². The maximum absolute atomic E-state index is 13.6. The first-order valence-electron chi connectivity index (χ1n) is 7.37. The van der Waals surface area contributed by atoms with Crippen molar-refractivity contribution in [3.05, 3.63) is 29.1 Å². The van der Waals surface area contributed by atoms with Gasteiger partial charge in [-0.1, -0.05) is 0 Å². The van der Waals surface area contributed by atoms with E-state index in [0.29, 0.717) is 18.2 Å². The van der Waals surface area contributed by atoms with Crippen molar-refractivity contribution in [2.45, 2.75) is 45.2 Å². The highest BCUT2D eigenvalue weighted by Crippen LogP contribution is 2.28. The first-order chi connectivity index (χ1) is 9.49. The summed E-state index contributed by atoms with van der Waals surface area (Å²) < 4.78 is 19.5. The van der Waals surface area contributed by atoms with Crippen molar-refractivity contribution in [1.29, 1.82) is 0 Å². The van der Waals surface area contributed by atoms with Crippen LogP contribution in [0.15, 0.2) is 12.1 Å². The van der Waals surface area contributed by atoms with Crippen LogP contribution in [0.2, 0.25) is 0 Å². The molecule has 4 heteroatoms. The largest absolute Gasteiger partial charge is 0.493 e. The third-order valence-corrected chi connectivity index (χ3v) is 4.16. The molecule has 3 nitrogen and oxygen atoms in total. The zero-order chi connectivity index (χ0) is 14.7. The van der Waals surface area contributed by atoms with Gasteiger partial charge in [0.1, 0.15) is 11.6 Å². The van der Waals surface area contributed by atoms with E-state index in [-0.39, 0.29) is 11.9 Å². The molecule has 112 valence electrons. The van der Waals surface area contributed by atoms with E-state index in [0.717, 1.165) is 17.7 Å². The van der Waals surface area contributed by atoms with Crippen molar-refractivity contribution < 1.29 is 9.13 Å². The third kappa shape index (κ3) is 3.49. The highest BCUT2D eigenvalue weighted by Gasteiger charge is 2.20. The van der Waals surface area contributed by atoms with Crippen molar-refractivity contribution >= 4 is 0 Å². The summed E-state index contributed by atoms with van der Waals surface area (Å²) in [5.41, 5.74) is 7.24. The topological polar surface area (TPSA) is 38.5 Å². The number of hydrogen-bond acceptors (Lipinski definition) is 3. The molecule has 1 aliphatic heterocycles. The second-order valence-corrected chi connectivity index (χ2v) is 5.84. The van der Waals surface area contributed by atoms with Crippen LogP contribution >= 0.6 is 0 Å². The van der Waals surface area contributed by atoms with Crippen LogP contribution in [0, 0.1) is 12.7 Å². The average Bonchev–Trinajstić information content (AvgIpc) is 2.79. The second kappa shape index (κ2) is 6.55. The first-order valence-corrected chi connectivity index (χ1v) is 7.37. The van der Waals surface area contributed by atoms with Gasteiger partial charge in [-0.15, -0.1) is 0 Å². The lowest BCUT2D eigenvalue weighted by molar-refractivity contribution is 0.231. The molecule has 1 aromatic carbocycles. The highest BCUT2D eigenvalue weighted by molar-refractivity contribution is 5.39. The SMILES string of the molecule is Cc1cc(OCCC2CCCN2C)c([C@H](C)N)cc1F. The molecule has 20 heavy (non-hydrogen) atoms. The van der Waals surface area contributed by atoms with E-state index in [1.807, 2.05) is 6.92 Å². The quantitative estimate of drug-likeness (QED) is 0.901. The van der Waals surface area contributed by atoms with Crippen LogP contribution < -0.4 is 10.5 Å². The molecule has 0 bridgehead atoms. The number of nitrogens with two attached hydrogens (primary N) is 1. The van der Waals surface area contributed by atoms with Crippen molar-refractivity contribution in [2.75, 3.05) is 20.2 Å². The Morgan fingerprint density at radius 3 is 2.85 bits per heavy atom. The van der Waals surface area contributed by atoms with Gasteiger partial charge in [-0.25, -0.2) is 4.39 Å². The monoisotopic (exact) mass is 280 g/mol. The second-order valence-electron chi connectivity index (χ2n) is 5.84. The molecule has 2 atom stereocenters. The van der Waals surface area contributed by atoms with Crippen LogP contribution in [0.25, 0.3) is 0 Å². The molecule has 1 fully saturated rings. The van der Waals surface area contributed by atoms with Crippen molar-refractivity contribution in [3.63, 3.8) is 0 Å². The number of ether oxygens (including phenoxy) is 1. The van der Waals surface area contributed by atoms with E-state index in [1.54, 1.807) is 13.0 Å². The summed E-state index contributed by atoms with van der Waals surface area (Å²) in [5.74, 6) is 0.500. The van der Waals surface area contributed by atoms with Crippen molar-refractivity contribution in [3.8, 4) is 5.75 Å². The Morgan fingerprint density at radius 1 is 1.50 bits per heavy atom. The van der Waals surface area contributed by atoms with Crippen molar-refractivity contribution in [1.82, 2.24) is 4.90 Å². The van der Waals surface area contributed by atoms with E-state index < -0.39 is 0 Å². The van der Waals surface area contributed by atoms with Crippen LogP contribution in [-0.4, -0.2) is 31.1 Å². The Bertz CT molecular complexity index is 462. The molecular weight excluding hydrogens is 255 g/mol. The summed E-state index contributed by atoms with van der Waals surface area (Å²) in [6.07, 6.45) is 3.51. The van der Waals surface area contributed by atoms with Gasteiger partial charge in [0.25, 0.3) is 0 Å². The lowest BCUT2D eigenvalue weighted by atomic mass is 10.0. The summed E-state index contributed by atoms with van der Waals surface area (Å²) in [4.78, 5) is 2.38. The number of nitrogens with zero attached hydrogens (tertiary/aromatic N) is 1. The van der Waals surface area contributed by atoms with Gasteiger partial charge < -0.3 is 15.4 Å². The van der Waals surface area contributed by atoms with Gasteiger partial charge in [-0.05, 0) is 64.4 Å². The molecule has 0 aromatic heterocycles. The molecule has 2 N–H and O–H groups in total. The number of aryl methyl sites for hydroxylation is 1. The van der Waals surface area contributed by atoms with E-state index in [9.17, 15) is 4.39 Å². The standard InChI is InChI=1S/C16H25FN2O/c1-11-9-16(14(12(2)18)10-15(11)17)20-8-6-13-5-4-7-19(13)3/h9-10,12-13H,4-8,18H2,1-3H3/t12-,13?/m0/s1. The fraction of sp³-hybridized carbons (Fsp3) is 0.625. The summed E-state index contributed by atoms with van der Waals surface area (Å²) in [7, 11) is 2.16. The molecule has 1 heterocycles. The molecule has 1 aliphatic rings. The van der Waals surface area contributed by atoms with Gasteiger partial charge in [0.15, 0.2) is 0 Å². The minimum absolute atomic E-state index is 0.222. The molecule has 0 amide bonds. The first kappa shape index (κ1) is 15.3. The fourth-order valence-electron chi connectivity index (χ4n) is 2.80. The van der Waals surface area contributed by atoms with Crippen LogP contribution in [0.1, 0.15) is 43.4 Å². The maximum atomic E-state index is 13.6. The predicted octanol–water partition coefficient (Wildman–Crippen LogP) is 3.02. The Kier molecular flexibility index (Phi) is 5.00. The van der Waals surface area contributed by atoms with Crippen LogP contribution in [0.5, 0.6) is 5.75 Å². The lowest BCUT2D eigenvalue weighted by Crippen LogP contribution is -2.26. The molecule has 0 spiro atoms. The summed E-state index contributed by atoms with van der Waals surface area (Å²) in [5, 5.41) is 0. The summed E-state index contributed by atoms with van der Waals surface area (Å²) >= 11 is 0. The Balaban J connectivity index is 1.99. The Hall–Kier alpha value is -1.13. The fourth-order valence-corrected chi connectivity index (χ4v) is 2.80. The van der Waals surface area contributed by atoms with E-state index in [4.69, 9.17) is 10.5 Å². The number of benzene rings is 1. The lowest BCUT2D eigenvalue weighted by Gasteiger charge is -2.20. The Labute approximate surface area is 120 Å². The minimum Gasteiger partial charge on any atom is -0.493 e. The van der Waals surface area contributed by atoms with Gasteiger partial charge in [0, 0.05) is 17.6 Å². The number of halogens is 1. The predicted molar refractivity (Wildman–Crippen MR) is 79.5 cm³/mol. The normalized spacial score (nSPS) is 21.1. The van der Waals surface area contributed by atoms with E-state index in [1.165, 1.54) is 25.5 Å². The minimum atomic E-state index is -0.228. The van der Waals surface area contributed by atoms with Crippen LogP contribution in [0.3, 0.4) is 0 Å². The van der Waals surface area contributed by atoms with E-state index >= 15 is 0 Å². The molecule has 0 saturated carbocycles. The van der Waals surface area contributed by atoms with Gasteiger partial charge in [-0.3, -0.25) is 0 Å². The zero-order valence-corrected chi connectivity index (χ0v) is 12.7. The molecular formula is C16H25FN2O. The molecule has 0 radical (unpaired) electrons. The molecule has 2 rings (SSSR count). The molecule has 1 unspecified atom stereocenters. The maximum Gasteiger partial charge on any atom is 0.126 e. The number of rotatable bonds is 5. The average molecular weight is 280 g/mol.